The number of halogens is 9. The molecule has 0 aliphatic heterocycles. The van der Waals surface area contributed by atoms with Crippen molar-refractivity contribution in [3.8, 4) is 0 Å². The Morgan fingerprint density at radius 3 is 0.471 bits per heavy atom. The van der Waals surface area contributed by atoms with E-state index in [1.165, 1.54) is 0 Å². The molecule has 0 aromatic heterocycles. The van der Waals surface area contributed by atoms with Crippen LogP contribution < -0.4 is 0 Å². The summed E-state index contributed by atoms with van der Waals surface area (Å²) in [5, 5.41) is 0. The molecule has 0 aliphatic carbocycles. The number of hydrogen-bond acceptors (Lipinski definition) is 0. The van der Waals surface area contributed by atoms with Gasteiger partial charge in [0.2, 0.25) is 0 Å². The van der Waals surface area contributed by atoms with E-state index in [0.29, 0.717) is 0 Å². The van der Waals surface area contributed by atoms with Crippen LogP contribution in [0, 0.1) is 13.3 Å². The zero-order valence-corrected chi connectivity index (χ0v) is 11.2. The molecule has 2 nitrogen and oxygen atoms in total. The topological polar surface area (TPSA) is 39.8 Å². The van der Waals surface area contributed by atoms with Gasteiger partial charge in [0.05, 0.1) is 0 Å². The molecule has 0 bridgehead atoms. The zero-order chi connectivity index (χ0) is 14.7. The van der Waals surface area contributed by atoms with Crippen LogP contribution in [0.15, 0.2) is 0 Å². The summed E-state index contributed by atoms with van der Waals surface area (Å²) in [5.41, 5.74) is 0. The van der Waals surface area contributed by atoms with Crippen molar-refractivity contribution in [1.29, 1.82) is 0 Å². The fourth-order valence-electron chi connectivity index (χ4n) is 0. The van der Waals surface area contributed by atoms with Gasteiger partial charge >= 0.3 is 49.2 Å². The van der Waals surface area contributed by atoms with Gasteiger partial charge in [-0.2, -0.15) is 0 Å². The van der Waals surface area contributed by atoms with E-state index in [-0.39, 0.29) is 17.1 Å². The summed E-state index contributed by atoms with van der Waals surface area (Å²) in [4.78, 5) is 0. The molecule has 0 fully saturated rings. The van der Waals surface area contributed by atoms with Crippen LogP contribution in [0.25, 0.3) is 0 Å². The van der Waals surface area contributed by atoms with Crippen molar-refractivity contribution in [3.63, 3.8) is 0 Å². The Labute approximate surface area is 105 Å². The van der Waals surface area contributed by atoms with Gasteiger partial charge in [0.15, 0.2) is 0 Å². The van der Waals surface area contributed by atoms with E-state index in [1.807, 2.05) is 0 Å². The molecule has 106 valence electrons. The van der Waals surface area contributed by atoms with Crippen molar-refractivity contribution in [1.82, 2.24) is 0 Å². The Kier molecular flexibility index (Phi) is 92.9. The Morgan fingerprint density at radius 1 is 0.471 bits per heavy atom. The molecule has 0 heterocycles. The van der Waals surface area contributed by atoms with Gasteiger partial charge in [-0.05, 0) is 0 Å². The van der Waals surface area contributed by atoms with Crippen LogP contribution in [-0.4, -0.2) is 0 Å². The first-order valence-corrected chi connectivity index (χ1v) is 5.51. The molecule has 0 aromatic rings. The summed E-state index contributed by atoms with van der Waals surface area (Å²) in [7, 11) is -13.1. The smallest absolute Gasteiger partial charge is 0 e. The van der Waals surface area contributed by atoms with E-state index < -0.39 is 26.6 Å². The van der Waals surface area contributed by atoms with Crippen LogP contribution in [0.5, 0.6) is 0 Å². The molecule has 0 unspecified atom stereocenters. The quantitative estimate of drug-likeness (QED) is 0.176. The molecule has 0 amide bonds. The first kappa shape index (κ1) is 36.1. The molecule has 0 aromatic carbocycles. The normalized spacial score (nSPS) is 6.59. The van der Waals surface area contributed by atoms with E-state index >= 15 is 0 Å². The second kappa shape index (κ2) is 43.8. The van der Waals surface area contributed by atoms with Crippen molar-refractivity contribution in [2.45, 2.75) is 0 Å². The third kappa shape index (κ3) is 8230. The Hall–Kier alpha value is 0.659. The van der Waals surface area contributed by atoms with Crippen molar-refractivity contribution in [2.24, 2.45) is 0 Å². The average Bonchev–Trinajstić information content (AvgIpc) is 2.07. The van der Waals surface area contributed by atoms with Crippen LogP contribution in [-0.2, 0) is 26.4 Å². The van der Waals surface area contributed by atoms with E-state index in [9.17, 15) is 37.8 Å². The molecule has 0 saturated carbocycles. The van der Waals surface area contributed by atoms with Gasteiger partial charge in [0, 0.05) is 54.8 Å². The maximum Gasteiger partial charge on any atom is 0 e. The van der Waals surface area contributed by atoms with Gasteiger partial charge < -0.3 is 0 Å². The van der Waals surface area contributed by atoms with E-state index in [2.05, 4.69) is 13.3 Å². The summed E-state index contributed by atoms with van der Waals surface area (Å²) >= 11 is 0. The minimum Gasteiger partial charge on any atom is 0 e. The molecule has 0 radical (unpaired) electrons. The van der Waals surface area contributed by atoms with Gasteiger partial charge in [0.25, 0.3) is 0 Å². The Bertz CT molecular complexity index is 105. The standard InChI is InChI=1S/2CO.3F3HP.Fe/c2*1-2;3*1-4(2)3;/h;;3*4H;/q;;3*+1;. The molecule has 0 saturated heterocycles. The minimum atomic E-state index is -4.38. The first-order chi connectivity index (χ1) is 7.20. The SMILES string of the molecule is F[PH+](F)F.F[PH+](F)F.F[PH+](F)F.[C-]#[O+].[C-]#[O+].[Fe]. The molecule has 0 N–H and O–H groups in total. The minimum absolute atomic E-state index is 0. The molecular weight excluding hydrogens is 376 g/mol. The van der Waals surface area contributed by atoms with E-state index in [0.717, 1.165) is 0 Å². The summed E-state index contributed by atoms with van der Waals surface area (Å²) in [6.45, 7) is 9.00. The average molecular weight is 379 g/mol. The molecule has 0 rings (SSSR count). The third-order valence-corrected chi connectivity index (χ3v) is 0. The van der Waals surface area contributed by atoms with E-state index in [1.54, 1.807) is 0 Å². The van der Waals surface area contributed by atoms with Gasteiger partial charge in [-0.15, -0.1) is 0 Å². The number of hydrogen-bond donors (Lipinski definition) is 0. The predicted molar refractivity (Wildman–Crippen MR) is 42.8 cm³/mol. The summed E-state index contributed by atoms with van der Waals surface area (Å²) < 4.78 is 103. The maximum absolute atomic E-state index is 9.77. The van der Waals surface area contributed by atoms with Crippen molar-refractivity contribution in [3.05, 3.63) is 13.3 Å². The van der Waals surface area contributed by atoms with Crippen LogP contribution in [0.3, 0.4) is 0 Å². The van der Waals surface area contributed by atoms with Gasteiger partial charge in [-0.1, -0.05) is 0 Å². The predicted octanol–water partition coefficient (Wildman–Crippen LogP) is 5.48. The largest absolute Gasteiger partial charge is 0 e. The molecule has 0 aliphatic rings. The fraction of sp³-hybridized carbons (Fsp3) is 0. The summed E-state index contributed by atoms with van der Waals surface area (Å²) in [6.07, 6.45) is 0. The molecular formula is C2H3F9FeO2P3+3. The van der Waals surface area contributed by atoms with Crippen molar-refractivity contribution >= 4 is 26.6 Å². The van der Waals surface area contributed by atoms with Crippen LogP contribution in [0.4, 0.5) is 37.8 Å². The number of rotatable bonds is 0. The van der Waals surface area contributed by atoms with Gasteiger partial charge in [0.1, 0.15) is 0 Å². The van der Waals surface area contributed by atoms with Gasteiger partial charge in [-0.3, -0.25) is 0 Å². The second-order valence-electron chi connectivity index (χ2n) is 0.643. The van der Waals surface area contributed by atoms with E-state index in [4.69, 9.17) is 9.30 Å². The monoisotopic (exact) mass is 379 g/mol. The molecule has 0 atom stereocenters. The summed E-state index contributed by atoms with van der Waals surface area (Å²) in [5.74, 6) is 0. The molecule has 15 heteroatoms. The van der Waals surface area contributed by atoms with Gasteiger partial charge in [-0.25, -0.2) is 0 Å². The first-order valence-electron chi connectivity index (χ1n) is 2.11. The summed E-state index contributed by atoms with van der Waals surface area (Å²) in [6, 6.07) is 0. The Morgan fingerprint density at radius 2 is 0.471 bits per heavy atom. The van der Waals surface area contributed by atoms with Crippen LogP contribution >= 0.6 is 26.6 Å². The molecule has 0 spiro atoms. The third-order valence-electron chi connectivity index (χ3n) is 0. The van der Waals surface area contributed by atoms with Crippen LogP contribution in [0.2, 0.25) is 0 Å². The van der Waals surface area contributed by atoms with Crippen molar-refractivity contribution in [2.75, 3.05) is 0 Å². The van der Waals surface area contributed by atoms with Crippen molar-refractivity contribution < 1.29 is 64.1 Å². The maximum atomic E-state index is 9.77. The Balaban J connectivity index is -0.0000000227. The second-order valence-corrected chi connectivity index (χ2v) is 1.93. The zero-order valence-electron chi connectivity index (χ0n) is 7.07. The fourth-order valence-corrected chi connectivity index (χ4v) is 0. The molecule has 17 heavy (non-hydrogen) atoms. The van der Waals surface area contributed by atoms with Crippen LogP contribution in [0.1, 0.15) is 0 Å².